The van der Waals surface area contributed by atoms with Crippen LogP contribution < -0.4 is 10.6 Å². The van der Waals surface area contributed by atoms with E-state index >= 15 is 0 Å². The van der Waals surface area contributed by atoms with E-state index in [1.165, 1.54) is 16.0 Å². The number of benzene rings is 1. The second-order valence-electron chi connectivity index (χ2n) is 9.46. The number of hydrogen-bond acceptors (Lipinski definition) is 7. The summed E-state index contributed by atoms with van der Waals surface area (Å²) in [5.41, 5.74) is 4.71. The van der Waals surface area contributed by atoms with Crippen LogP contribution in [-0.4, -0.2) is 47.0 Å². The van der Waals surface area contributed by atoms with Crippen LogP contribution in [0.1, 0.15) is 44.0 Å². The molecule has 2 aliphatic heterocycles. The standard InChI is InChI=1S/C27H28ClN5OS2.2H2/c28-19-3-1-17(2-4-19)18-7-12-33(13-8-18)14-9-24(34)32-27-25(20-5-10-30-16-23(20)36-27)26-31-21-15-29-11-6-22(21)35-26;;/h1-4,6,11,15,18,30H,5,7-10,12-14,16H2,(H,32,34);2*1H. The van der Waals surface area contributed by atoms with E-state index < -0.39 is 0 Å². The van der Waals surface area contributed by atoms with Crippen LogP contribution in [0, 0.1) is 0 Å². The van der Waals surface area contributed by atoms with Gasteiger partial charge in [-0.15, -0.1) is 22.7 Å². The summed E-state index contributed by atoms with van der Waals surface area (Å²) in [7, 11) is 0. The van der Waals surface area contributed by atoms with E-state index in [9.17, 15) is 4.79 Å². The molecule has 0 spiro atoms. The Kier molecular flexibility index (Phi) is 7.04. The van der Waals surface area contributed by atoms with Crippen molar-refractivity contribution in [1.82, 2.24) is 20.2 Å². The zero-order chi connectivity index (χ0) is 24.5. The summed E-state index contributed by atoms with van der Waals surface area (Å²) in [6, 6.07) is 10.2. The highest BCUT2D eigenvalue weighted by molar-refractivity contribution is 7.22. The van der Waals surface area contributed by atoms with Crippen molar-refractivity contribution in [2.75, 3.05) is 31.5 Å². The summed E-state index contributed by atoms with van der Waals surface area (Å²) in [5, 5.41) is 9.40. The molecule has 1 amide bonds. The fourth-order valence-corrected chi connectivity index (χ4v) is 7.65. The van der Waals surface area contributed by atoms with Crippen molar-refractivity contribution in [3.8, 4) is 10.6 Å². The number of thiophene rings is 1. The quantitative estimate of drug-likeness (QED) is 0.295. The number of nitrogens with zero attached hydrogens (tertiary/aromatic N) is 3. The molecule has 6 rings (SSSR count). The Labute approximate surface area is 226 Å². The summed E-state index contributed by atoms with van der Waals surface area (Å²) in [6.07, 6.45) is 7.29. The first-order chi connectivity index (χ1) is 17.6. The summed E-state index contributed by atoms with van der Waals surface area (Å²) < 4.78 is 1.12. The molecule has 4 aromatic rings. The van der Waals surface area contributed by atoms with Crippen LogP contribution in [0.4, 0.5) is 5.00 Å². The lowest BCUT2D eigenvalue weighted by molar-refractivity contribution is -0.116. The first-order valence-electron chi connectivity index (χ1n) is 12.5. The summed E-state index contributed by atoms with van der Waals surface area (Å²) in [6.45, 7) is 4.61. The third-order valence-corrected chi connectivity index (χ3v) is 9.62. The molecule has 3 aromatic heterocycles. The van der Waals surface area contributed by atoms with Crippen LogP contribution >= 0.6 is 34.3 Å². The van der Waals surface area contributed by atoms with Gasteiger partial charge in [0.05, 0.1) is 10.9 Å². The molecule has 5 heterocycles. The maximum Gasteiger partial charge on any atom is 0.226 e. The van der Waals surface area contributed by atoms with Crippen LogP contribution in [0.5, 0.6) is 0 Å². The molecule has 190 valence electrons. The maximum absolute atomic E-state index is 13.1. The number of thiazole rings is 1. The molecule has 1 saturated heterocycles. The third kappa shape index (κ3) is 5.06. The molecule has 0 saturated carbocycles. The molecule has 0 aliphatic carbocycles. The average Bonchev–Trinajstić information content (AvgIpc) is 3.49. The molecule has 9 heteroatoms. The van der Waals surface area contributed by atoms with Crippen molar-refractivity contribution >= 4 is 55.4 Å². The number of pyridine rings is 1. The minimum absolute atomic E-state index is 0. The Balaban J connectivity index is 0.00000168. The largest absolute Gasteiger partial charge is 0.317 e. The van der Waals surface area contributed by atoms with Gasteiger partial charge in [0.15, 0.2) is 0 Å². The molecule has 2 aliphatic rings. The zero-order valence-electron chi connectivity index (χ0n) is 19.9. The molecular formula is C27H32ClN5OS2. The van der Waals surface area contributed by atoms with Crippen LogP contribution in [-0.2, 0) is 17.8 Å². The number of halogens is 1. The van der Waals surface area contributed by atoms with E-state index in [2.05, 4.69) is 32.7 Å². The summed E-state index contributed by atoms with van der Waals surface area (Å²) in [5.74, 6) is 0.648. The Hall–Kier alpha value is -2.36. The number of aromatic nitrogens is 2. The van der Waals surface area contributed by atoms with Gasteiger partial charge in [0, 0.05) is 44.0 Å². The number of nitrogens with one attached hydrogen (secondary N) is 2. The Morgan fingerprint density at radius 2 is 2.03 bits per heavy atom. The van der Waals surface area contributed by atoms with Gasteiger partial charge in [0.25, 0.3) is 0 Å². The van der Waals surface area contributed by atoms with E-state index in [1.54, 1.807) is 28.9 Å². The van der Waals surface area contributed by atoms with Gasteiger partial charge in [0.1, 0.15) is 15.5 Å². The average molecular weight is 542 g/mol. The number of hydrogen-bond donors (Lipinski definition) is 2. The predicted molar refractivity (Wildman–Crippen MR) is 153 cm³/mol. The number of carbonyl (C=O) groups excluding carboxylic acids is 1. The zero-order valence-corrected chi connectivity index (χ0v) is 22.3. The number of anilines is 1. The molecule has 0 unspecified atom stereocenters. The van der Waals surface area contributed by atoms with Crippen LogP contribution in [0.15, 0.2) is 42.7 Å². The van der Waals surface area contributed by atoms with Gasteiger partial charge in [-0.2, -0.15) is 0 Å². The highest BCUT2D eigenvalue weighted by atomic mass is 35.5. The van der Waals surface area contributed by atoms with Crippen molar-refractivity contribution in [3.05, 3.63) is 63.8 Å². The van der Waals surface area contributed by atoms with Crippen molar-refractivity contribution in [2.45, 2.75) is 38.1 Å². The van der Waals surface area contributed by atoms with Gasteiger partial charge in [-0.25, -0.2) is 4.98 Å². The summed E-state index contributed by atoms with van der Waals surface area (Å²) >= 11 is 9.40. The molecule has 2 N–H and O–H groups in total. The van der Waals surface area contributed by atoms with Gasteiger partial charge in [-0.1, -0.05) is 23.7 Å². The maximum atomic E-state index is 13.1. The van der Waals surface area contributed by atoms with Crippen LogP contribution in [0.3, 0.4) is 0 Å². The first-order valence-corrected chi connectivity index (χ1v) is 14.5. The lowest BCUT2D eigenvalue weighted by atomic mass is 9.89. The number of amides is 1. The molecule has 0 bridgehead atoms. The summed E-state index contributed by atoms with van der Waals surface area (Å²) in [4.78, 5) is 25.8. The highest BCUT2D eigenvalue weighted by Crippen LogP contribution is 2.44. The predicted octanol–water partition coefficient (Wildman–Crippen LogP) is 6.42. The second-order valence-corrected chi connectivity index (χ2v) is 12.0. The number of carbonyl (C=O) groups is 1. The molecule has 1 fully saturated rings. The van der Waals surface area contributed by atoms with Crippen molar-refractivity contribution in [1.29, 1.82) is 0 Å². The number of piperidine rings is 1. The van der Waals surface area contributed by atoms with Gasteiger partial charge in [-0.3, -0.25) is 9.78 Å². The fraction of sp³-hybridized carbons (Fsp3) is 0.370. The van der Waals surface area contributed by atoms with E-state index in [0.717, 1.165) is 82.8 Å². The topological polar surface area (TPSA) is 70.2 Å². The van der Waals surface area contributed by atoms with E-state index in [4.69, 9.17) is 16.6 Å². The molecule has 36 heavy (non-hydrogen) atoms. The monoisotopic (exact) mass is 541 g/mol. The number of likely N-dealkylation sites (tertiary alicyclic amines) is 1. The highest BCUT2D eigenvalue weighted by Gasteiger charge is 2.26. The Bertz CT molecular complexity index is 1350. The van der Waals surface area contributed by atoms with Gasteiger partial charge in [-0.05, 0) is 74.1 Å². The van der Waals surface area contributed by atoms with E-state index in [0.29, 0.717) is 12.3 Å². The molecule has 0 radical (unpaired) electrons. The second kappa shape index (κ2) is 10.6. The molecular weight excluding hydrogens is 510 g/mol. The van der Waals surface area contributed by atoms with Crippen molar-refractivity contribution < 1.29 is 7.65 Å². The lowest BCUT2D eigenvalue weighted by Crippen LogP contribution is -2.35. The lowest BCUT2D eigenvalue weighted by Gasteiger charge is -2.32. The van der Waals surface area contributed by atoms with Crippen LogP contribution in [0.25, 0.3) is 20.8 Å². The number of fused-ring (bicyclic) bond motifs is 2. The van der Waals surface area contributed by atoms with E-state index in [1.807, 2.05) is 24.4 Å². The third-order valence-electron chi connectivity index (χ3n) is 7.17. The minimum Gasteiger partial charge on any atom is -0.317 e. The van der Waals surface area contributed by atoms with Crippen molar-refractivity contribution in [3.63, 3.8) is 0 Å². The SMILES string of the molecule is O=C(CCN1CCC(c2ccc(Cl)cc2)CC1)Nc1sc2c(c1-c1nc3cnccc3s1)CCNC2.[HH].[HH]. The van der Waals surface area contributed by atoms with Gasteiger partial charge in [0.2, 0.25) is 5.91 Å². The molecule has 6 nitrogen and oxygen atoms in total. The van der Waals surface area contributed by atoms with Crippen LogP contribution in [0.2, 0.25) is 5.02 Å². The van der Waals surface area contributed by atoms with Crippen molar-refractivity contribution in [2.24, 2.45) is 0 Å². The molecule has 1 aromatic carbocycles. The van der Waals surface area contributed by atoms with Gasteiger partial charge < -0.3 is 15.5 Å². The fourth-order valence-electron chi connectivity index (χ4n) is 5.21. The Morgan fingerprint density at radius 3 is 2.83 bits per heavy atom. The number of rotatable bonds is 6. The normalized spacial score (nSPS) is 16.8. The molecule has 0 atom stereocenters. The van der Waals surface area contributed by atoms with Gasteiger partial charge >= 0.3 is 0 Å². The van der Waals surface area contributed by atoms with E-state index in [-0.39, 0.29) is 8.76 Å². The Morgan fingerprint density at radius 1 is 1.19 bits per heavy atom. The minimum atomic E-state index is 0. The first kappa shape index (κ1) is 24.0. The smallest absolute Gasteiger partial charge is 0.226 e.